The number of anilines is 2. The molecule has 0 unspecified atom stereocenters. The van der Waals surface area contributed by atoms with Gasteiger partial charge in [0.15, 0.2) is 0 Å². The molecular weight excluding hydrogens is 236 g/mol. The maximum absolute atomic E-state index is 9.97. The van der Waals surface area contributed by atoms with Crippen molar-refractivity contribution < 1.29 is 4.79 Å². The number of hydrogen-bond donors (Lipinski definition) is 2. The van der Waals surface area contributed by atoms with E-state index in [1.54, 1.807) is 0 Å². The SMILES string of the molecule is CNc1ccccc1C.Cc1cccc(NC=O)c1. The van der Waals surface area contributed by atoms with Crippen molar-refractivity contribution in [3.05, 3.63) is 59.7 Å². The summed E-state index contributed by atoms with van der Waals surface area (Å²) in [6.07, 6.45) is 0.675. The minimum Gasteiger partial charge on any atom is -0.388 e. The molecule has 0 radical (unpaired) electrons. The molecule has 2 aromatic carbocycles. The minimum absolute atomic E-state index is 0.675. The normalized spacial score (nSPS) is 9.00. The van der Waals surface area contributed by atoms with Gasteiger partial charge in [0.25, 0.3) is 0 Å². The molecule has 0 aliphatic heterocycles. The highest BCUT2D eigenvalue weighted by Crippen LogP contribution is 2.11. The van der Waals surface area contributed by atoms with Gasteiger partial charge < -0.3 is 10.6 Å². The van der Waals surface area contributed by atoms with Crippen LogP contribution in [0.15, 0.2) is 48.5 Å². The van der Waals surface area contributed by atoms with Crippen LogP contribution in [0.5, 0.6) is 0 Å². The van der Waals surface area contributed by atoms with Crippen LogP contribution in [-0.2, 0) is 4.79 Å². The number of hydrogen-bond acceptors (Lipinski definition) is 2. The summed E-state index contributed by atoms with van der Waals surface area (Å²) < 4.78 is 0. The fourth-order valence-electron chi connectivity index (χ4n) is 1.66. The summed E-state index contributed by atoms with van der Waals surface area (Å²) in [5.74, 6) is 0. The van der Waals surface area contributed by atoms with Crippen LogP contribution >= 0.6 is 0 Å². The van der Waals surface area contributed by atoms with E-state index in [0.29, 0.717) is 6.41 Å². The smallest absolute Gasteiger partial charge is 0.211 e. The summed E-state index contributed by atoms with van der Waals surface area (Å²) in [7, 11) is 1.93. The average molecular weight is 256 g/mol. The molecule has 3 heteroatoms. The van der Waals surface area contributed by atoms with Crippen molar-refractivity contribution in [2.75, 3.05) is 17.7 Å². The number of carbonyl (C=O) groups is 1. The van der Waals surface area contributed by atoms with Crippen LogP contribution in [0.4, 0.5) is 11.4 Å². The summed E-state index contributed by atoms with van der Waals surface area (Å²) in [6, 6.07) is 15.9. The first kappa shape index (κ1) is 14.8. The van der Waals surface area contributed by atoms with Crippen LogP contribution < -0.4 is 10.6 Å². The quantitative estimate of drug-likeness (QED) is 0.824. The van der Waals surface area contributed by atoms with Crippen molar-refractivity contribution in [2.24, 2.45) is 0 Å². The van der Waals surface area contributed by atoms with Crippen molar-refractivity contribution >= 4 is 17.8 Å². The number of benzene rings is 2. The number of aryl methyl sites for hydroxylation is 2. The van der Waals surface area contributed by atoms with E-state index in [1.165, 1.54) is 11.3 Å². The van der Waals surface area contributed by atoms with E-state index in [4.69, 9.17) is 0 Å². The third-order valence-electron chi connectivity index (χ3n) is 2.66. The monoisotopic (exact) mass is 256 g/mol. The highest BCUT2D eigenvalue weighted by molar-refractivity contribution is 5.71. The van der Waals surface area contributed by atoms with E-state index in [-0.39, 0.29) is 0 Å². The van der Waals surface area contributed by atoms with Crippen LogP contribution in [0.2, 0.25) is 0 Å². The first-order valence-electron chi connectivity index (χ1n) is 6.17. The zero-order valence-electron chi connectivity index (χ0n) is 11.6. The zero-order chi connectivity index (χ0) is 14.1. The first-order valence-corrected chi connectivity index (χ1v) is 6.17. The molecule has 19 heavy (non-hydrogen) atoms. The standard InChI is InChI=1S/C8H9NO.C8H11N/c1-7-3-2-4-8(5-7)9-6-10;1-7-5-3-4-6-8(7)9-2/h2-6H,1H3,(H,9,10);3-6,9H,1-2H3. The van der Waals surface area contributed by atoms with E-state index in [1.807, 2.05) is 50.4 Å². The van der Waals surface area contributed by atoms with Gasteiger partial charge in [-0.3, -0.25) is 4.79 Å². The summed E-state index contributed by atoms with van der Waals surface area (Å²) in [5.41, 5.74) is 4.49. The molecule has 2 rings (SSSR count). The van der Waals surface area contributed by atoms with Crippen molar-refractivity contribution in [1.29, 1.82) is 0 Å². The molecule has 0 aromatic heterocycles. The van der Waals surface area contributed by atoms with E-state index in [0.717, 1.165) is 11.3 Å². The van der Waals surface area contributed by atoms with Crippen LogP contribution in [0.3, 0.4) is 0 Å². The Morgan fingerprint density at radius 2 is 1.74 bits per heavy atom. The minimum atomic E-state index is 0.675. The molecule has 2 aromatic rings. The van der Waals surface area contributed by atoms with E-state index in [9.17, 15) is 4.79 Å². The number of nitrogens with one attached hydrogen (secondary N) is 2. The van der Waals surface area contributed by atoms with Crippen LogP contribution in [0, 0.1) is 13.8 Å². The predicted octanol–water partition coefficient (Wildman–Crippen LogP) is 3.60. The zero-order valence-corrected chi connectivity index (χ0v) is 11.6. The molecule has 0 saturated carbocycles. The van der Waals surface area contributed by atoms with Gasteiger partial charge in [0, 0.05) is 18.4 Å². The number of rotatable bonds is 3. The Morgan fingerprint density at radius 3 is 2.26 bits per heavy atom. The van der Waals surface area contributed by atoms with Crippen LogP contribution in [0.1, 0.15) is 11.1 Å². The number of para-hydroxylation sites is 1. The first-order chi connectivity index (χ1) is 9.17. The van der Waals surface area contributed by atoms with E-state index < -0.39 is 0 Å². The Balaban J connectivity index is 0.000000191. The van der Waals surface area contributed by atoms with E-state index in [2.05, 4.69) is 29.7 Å². The highest BCUT2D eigenvalue weighted by Gasteiger charge is 1.88. The van der Waals surface area contributed by atoms with Crippen LogP contribution in [0.25, 0.3) is 0 Å². The van der Waals surface area contributed by atoms with Gasteiger partial charge in [0.1, 0.15) is 0 Å². The van der Waals surface area contributed by atoms with Gasteiger partial charge in [-0.15, -0.1) is 0 Å². The molecule has 2 N–H and O–H groups in total. The molecule has 0 aliphatic rings. The van der Waals surface area contributed by atoms with E-state index >= 15 is 0 Å². The lowest BCUT2D eigenvalue weighted by atomic mass is 10.2. The van der Waals surface area contributed by atoms with Crippen molar-refractivity contribution in [1.82, 2.24) is 0 Å². The fourth-order valence-corrected chi connectivity index (χ4v) is 1.66. The third-order valence-corrected chi connectivity index (χ3v) is 2.66. The lowest BCUT2D eigenvalue weighted by Crippen LogP contribution is -1.92. The summed E-state index contributed by atoms with van der Waals surface area (Å²) in [6.45, 7) is 4.07. The summed E-state index contributed by atoms with van der Waals surface area (Å²) in [5, 5.41) is 5.66. The number of amides is 1. The maximum atomic E-state index is 9.97. The molecule has 3 nitrogen and oxygen atoms in total. The van der Waals surface area contributed by atoms with Gasteiger partial charge in [0.2, 0.25) is 6.41 Å². The largest absolute Gasteiger partial charge is 0.388 e. The van der Waals surface area contributed by atoms with Gasteiger partial charge in [-0.05, 0) is 43.2 Å². The van der Waals surface area contributed by atoms with Gasteiger partial charge >= 0.3 is 0 Å². The molecular formula is C16H20N2O. The lowest BCUT2D eigenvalue weighted by molar-refractivity contribution is -0.105. The second-order valence-corrected chi connectivity index (χ2v) is 4.20. The molecule has 1 amide bonds. The Bertz CT molecular complexity index is 524. The van der Waals surface area contributed by atoms with Gasteiger partial charge in [-0.25, -0.2) is 0 Å². The van der Waals surface area contributed by atoms with Crippen molar-refractivity contribution in [2.45, 2.75) is 13.8 Å². The summed E-state index contributed by atoms with van der Waals surface area (Å²) >= 11 is 0. The Kier molecular flexibility index (Phi) is 6.16. The molecule has 0 fully saturated rings. The summed E-state index contributed by atoms with van der Waals surface area (Å²) in [4.78, 5) is 9.97. The molecule has 0 bridgehead atoms. The fraction of sp³-hybridized carbons (Fsp3) is 0.188. The Hall–Kier alpha value is -2.29. The Morgan fingerprint density at radius 1 is 1.00 bits per heavy atom. The van der Waals surface area contributed by atoms with Gasteiger partial charge in [-0.1, -0.05) is 30.3 Å². The third kappa shape index (κ3) is 5.25. The topological polar surface area (TPSA) is 41.1 Å². The second-order valence-electron chi connectivity index (χ2n) is 4.20. The lowest BCUT2D eigenvalue weighted by Gasteiger charge is -2.01. The number of carbonyl (C=O) groups excluding carboxylic acids is 1. The molecule has 0 atom stereocenters. The predicted molar refractivity (Wildman–Crippen MR) is 81.6 cm³/mol. The Labute approximate surface area is 114 Å². The molecule has 0 heterocycles. The second kappa shape index (κ2) is 7.93. The maximum Gasteiger partial charge on any atom is 0.211 e. The average Bonchev–Trinajstić information content (AvgIpc) is 2.40. The molecule has 0 saturated heterocycles. The van der Waals surface area contributed by atoms with Crippen LogP contribution in [-0.4, -0.2) is 13.5 Å². The van der Waals surface area contributed by atoms with Gasteiger partial charge in [0.05, 0.1) is 0 Å². The highest BCUT2D eigenvalue weighted by atomic mass is 16.1. The molecule has 0 aliphatic carbocycles. The van der Waals surface area contributed by atoms with Crippen molar-refractivity contribution in [3.63, 3.8) is 0 Å². The van der Waals surface area contributed by atoms with Gasteiger partial charge in [-0.2, -0.15) is 0 Å². The molecule has 0 spiro atoms. The molecule has 100 valence electrons. The van der Waals surface area contributed by atoms with Crippen molar-refractivity contribution in [3.8, 4) is 0 Å².